The van der Waals surface area contributed by atoms with E-state index in [4.69, 9.17) is 4.74 Å². The monoisotopic (exact) mass is 259 g/mol. The van der Waals surface area contributed by atoms with Crippen molar-refractivity contribution >= 4 is 16.9 Å². The zero-order valence-corrected chi connectivity index (χ0v) is 11.2. The second kappa shape index (κ2) is 5.74. The second-order valence-corrected chi connectivity index (χ2v) is 5.85. The molecule has 1 unspecified atom stereocenters. The van der Waals surface area contributed by atoms with Gasteiger partial charge in [0.25, 0.3) is 0 Å². The maximum absolute atomic E-state index is 10.8. The maximum Gasteiger partial charge on any atom is 0.308 e. The predicted octanol–water partition coefficient (Wildman–Crippen LogP) is 3.28. The molecule has 2 nitrogen and oxygen atoms in total. The lowest BCUT2D eigenvalue weighted by molar-refractivity contribution is -0.131. The number of hydrogen-bond donors (Lipinski definition) is 0. The normalized spacial score (nSPS) is 11.9. The Morgan fingerprint density at radius 1 is 0.944 bits per heavy atom. The van der Waals surface area contributed by atoms with Crippen molar-refractivity contribution in [2.24, 2.45) is 0 Å². The Kier molecular flexibility index (Phi) is 4.05. The maximum atomic E-state index is 10.8. The van der Waals surface area contributed by atoms with Crippen LogP contribution in [0.3, 0.4) is 0 Å². The van der Waals surface area contributed by atoms with Crippen molar-refractivity contribution in [3.63, 3.8) is 0 Å². The quantitative estimate of drug-likeness (QED) is 0.480. The van der Waals surface area contributed by atoms with Crippen LogP contribution in [0.4, 0.5) is 0 Å². The van der Waals surface area contributed by atoms with Crippen LogP contribution in [0, 0.1) is 0 Å². The van der Waals surface area contributed by atoms with Crippen molar-refractivity contribution in [1.82, 2.24) is 0 Å². The highest BCUT2D eigenvalue weighted by Crippen LogP contribution is 2.23. The first-order valence-corrected chi connectivity index (χ1v) is 7.29. The fraction of sp³-hybridized carbons (Fsp3) is 0.133. The van der Waals surface area contributed by atoms with Crippen LogP contribution in [0.25, 0.3) is 0 Å². The molecule has 2 aromatic rings. The molecular formula is C15H15O2S+. The van der Waals surface area contributed by atoms with Crippen molar-refractivity contribution in [3.8, 4) is 5.75 Å². The number of ether oxygens (including phenoxy) is 1. The smallest absolute Gasteiger partial charge is 0.308 e. The molecule has 18 heavy (non-hydrogen) atoms. The molecule has 0 heterocycles. The van der Waals surface area contributed by atoms with Gasteiger partial charge in [0.05, 0.1) is 10.9 Å². The summed E-state index contributed by atoms with van der Waals surface area (Å²) in [7, 11) is 0.0418. The van der Waals surface area contributed by atoms with Gasteiger partial charge >= 0.3 is 5.97 Å². The average Bonchev–Trinajstić information content (AvgIpc) is 2.39. The third-order valence-electron chi connectivity index (χ3n) is 2.54. The minimum absolute atomic E-state index is 0.0418. The molecule has 2 aromatic carbocycles. The summed E-state index contributed by atoms with van der Waals surface area (Å²) in [6.07, 6.45) is 2.19. The Balaban J connectivity index is 2.17. The first kappa shape index (κ1) is 12.7. The Bertz CT molecular complexity index is 520. The molecular weight excluding hydrogens is 244 g/mol. The zero-order chi connectivity index (χ0) is 13.0. The first-order valence-electron chi connectivity index (χ1n) is 5.66. The second-order valence-electron chi connectivity index (χ2n) is 3.89. The highest BCUT2D eigenvalue weighted by Gasteiger charge is 2.18. The molecule has 0 aliphatic rings. The summed E-state index contributed by atoms with van der Waals surface area (Å²) < 4.78 is 5.02. The molecule has 92 valence electrons. The van der Waals surface area contributed by atoms with E-state index in [9.17, 15) is 4.79 Å². The van der Waals surface area contributed by atoms with Crippen LogP contribution in [0.15, 0.2) is 64.4 Å². The number of esters is 1. The molecule has 2 rings (SSSR count). The van der Waals surface area contributed by atoms with E-state index in [1.165, 1.54) is 16.7 Å². The van der Waals surface area contributed by atoms with Crippen molar-refractivity contribution in [2.75, 3.05) is 6.26 Å². The van der Waals surface area contributed by atoms with Crippen molar-refractivity contribution < 1.29 is 9.53 Å². The van der Waals surface area contributed by atoms with Crippen LogP contribution in [0.2, 0.25) is 0 Å². The van der Waals surface area contributed by atoms with Crippen LogP contribution in [-0.4, -0.2) is 12.2 Å². The van der Waals surface area contributed by atoms with Gasteiger partial charge in [0.1, 0.15) is 12.0 Å². The molecule has 0 N–H and O–H groups in total. The third kappa shape index (κ3) is 3.14. The van der Waals surface area contributed by atoms with E-state index >= 15 is 0 Å². The van der Waals surface area contributed by atoms with Crippen LogP contribution in [0.5, 0.6) is 5.75 Å². The van der Waals surface area contributed by atoms with Crippen LogP contribution in [-0.2, 0) is 15.7 Å². The van der Waals surface area contributed by atoms with Crippen LogP contribution < -0.4 is 4.74 Å². The van der Waals surface area contributed by atoms with Gasteiger partial charge in [0, 0.05) is 6.92 Å². The van der Waals surface area contributed by atoms with E-state index in [0.717, 1.165) is 0 Å². The molecule has 0 radical (unpaired) electrons. The predicted molar refractivity (Wildman–Crippen MR) is 74.0 cm³/mol. The fourth-order valence-electron chi connectivity index (χ4n) is 1.64. The summed E-state index contributed by atoms with van der Waals surface area (Å²) in [6, 6.07) is 18.1. The summed E-state index contributed by atoms with van der Waals surface area (Å²) in [5.74, 6) is 0.303. The summed E-state index contributed by atoms with van der Waals surface area (Å²) in [5, 5.41) is 0. The van der Waals surface area contributed by atoms with Crippen molar-refractivity contribution in [1.29, 1.82) is 0 Å². The highest BCUT2D eigenvalue weighted by molar-refractivity contribution is 7.96. The molecule has 0 bridgehead atoms. The molecule has 0 spiro atoms. The number of hydrogen-bond acceptors (Lipinski definition) is 2. The largest absolute Gasteiger partial charge is 0.427 e. The van der Waals surface area contributed by atoms with E-state index in [1.54, 1.807) is 0 Å². The molecule has 0 aliphatic heterocycles. The SMILES string of the molecule is CC(=O)Oc1ccc([S+](C)c2ccccc2)cc1. The molecule has 0 saturated heterocycles. The van der Waals surface area contributed by atoms with E-state index in [-0.39, 0.29) is 16.9 Å². The topological polar surface area (TPSA) is 26.3 Å². The van der Waals surface area contributed by atoms with Gasteiger partial charge in [-0.25, -0.2) is 0 Å². The van der Waals surface area contributed by atoms with Gasteiger partial charge in [0.15, 0.2) is 9.79 Å². The van der Waals surface area contributed by atoms with Gasteiger partial charge in [-0.15, -0.1) is 0 Å². The van der Waals surface area contributed by atoms with Gasteiger partial charge in [-0.2, -0.15) is 0 Å². The van der Waals surface area contributed by atoms with Crippen molar-refractivity contribution in [3.05, 3.63) is 54.6 Å². The minimum Gasteiger partial charge on any atom is -0.427 e. The lowest BCUT2D eigenvalue weighted by Gasteiger charge is -2.04. The number of carbonyl (C=O) groups excluding carboxylic acids is 1. The number of carbonyl (C=O) groups is 1. The Morgan fingerprint density at radius 2 is 1.50 bits per heavy atom. The van der Waals surface area contributed by atoms with Crippen molar-refractivity contribution in [2.45, 2.75) is 16.7 Å². The average molecular weight is 259 g/mol. The van der Waals surface area contributed by atoms with E-state index in [1.807, 2.05) is 42.5 Å². The van der Waals surface area contributed by atoms with Crippen LogP contribution >= 0.6 is 0 Å². The number of rotatable bonds is 3. The Morgan fingerprint density at radius 3 is 2.06 bits per heavy atom. The van der Waals surface area contributed by atoms with Gasteiger partial charge in [-0.1, -0.05) is 18.2 Å². The molecule has 3 heteroatoms. The molecule has 0 fully saturated rings. The zero-order valence-electron chi connectivity index (χ0n) is 10.4. The summed E-state index contributed by atoms with van der Waals surface area (Å²) in [4.78, 5) is 13.4. The lowest BCUT2D eigenvalue weighted by Crippen LogP contribution is -2.03. The van der Waals surface area contributed by atoms with E-state index in [0.29, 0.717) is 5.75 Å². The molecule has 0 saturated carbocycles. The summed E-state index contributed by atoms with van der Waals surface area (Å²) in [6.45, 7) is 1.41. The van der Waals surface area contributed by atoms with Gasteiger partial charge in [-0.05, 0) is 36.4 Å². The third-order valence-corrected chi connectivity index (χ3v) is 4.49. The molecule has 0 amide bonds. The Labute approximate surface area is 110 Å². The Hall–Kier alpha value is -1.74. The van der Waals surface area contributed by atoms with Gasteiger partial charge in [0.2, 0.25) is 0 Å². The minimum atomic E-state index is -0.290. The summed E-state index contributed by atoms with van der Waals surface area (Å²) >= 11 is 0. The van der Waals surface area contributed by atoms with Gasteiger partial charge < -0.3 is 4.74 Å². The fourth-order valence-corrected chi connectivity index (χ4v) is 3.02. The summed E-state index contributed by atoms with van der Waals surface area (Å²) in [5.41, 5.74) is 0. The van der Waals surface area contributed by atoms with E-state index < -0.39 is 0 Å². The van der Waals surface area contributed by atoms with Gasteiger partial charge in [-0.3, -0.25) is 4.79 Å². The first-order chi connectivity index (χ1) is 8.66. The van der Waals surface area contributed by atoms with E-state index in [2.05, 4.69) is 18.4 Å². The standard InChI is InChI=1S/C15H15O2S/c1-12(16)17-13-8-10-15(11-9-13)18(2)14-6-4-3-5-7-14/h3-11H,1-2H3/q+1. The lowest BCUT2D eigenvalue weighted by atomic mass is 10.3. The number of benzene rings is 2. The molecule has 1 atom stereocenters. The molecule has 0 aliphatic carbocycles. The highest BCUT2D eigenvalue weighted by atomic mass is 32.2. The molecule has 0 aromatic heterocycles. The van der Waals surface area contributed by atoms with Crippen LogP contribution in [0.1, 0.15) is 6.92 Å².